The van der Waals surface area contributed by atoms with Gasteiger partial charge in [-0.1, -0.05) is 32.1 Å². The summed E-state index contributed by atoms with van der Waals surface area (Å²) in [6.45, 7) is 2.03. The number of nitrogens with one attached hydrogen (secondary N) is 2. The van der Waals surface area contributed by atoms with Crippen LogP contribution in [0.5, 0.6) is 5.75 Å². The number of carbonyl (C=O) groups excluding carboxylic acids is 2. The molecule has 2 aromatic rings. The molecule has 0 atom stereocenters. The lowest BCUT2D eigenvalue weighted by Gasteiger charge is -2.20. The predicted molar refractivity (Wildman–Crippen MR) is 111 cm³/mol. The summed E-state index contributed by atoms with van der Waals surface area (Å²) in [4.78, 5) is 29.5. The number of carbonyl (C=O) groups is 2. The van der Waals surface area contributed by atoms with Crippen molar-refractivity contribution in [3.8, 4) is 17.0 Å². The molecule has 0 unspecified atom stereocenters. The molecule has 4 rings (SSSR count). The van der Waals surface area contributed by atoms with Crippen molar-refractivity contribution in [2.24, 2.45) is 5.92 Å². The molecule has 28 heavy (non-hydrogen) atoms. The van der Waals surface area contributed by atoms with Crippen molar-refractivity contribution in [2.75, 3.05) is 17.2 Å². The van der Waals surface area contributed by atoms with E-state index >= 15 is 0 Å². The van der Waals surface area contributed by atoms with E-state index in [2.05, 4.69) is 15.6 Å². The molecule has 1 aromatic carbocycles. The van der Waals surface area contributed by atoms with E-state index in [1.807, 2.05) is 25.1 Å². The van der Waals surface area contributed by atoms with E-state index < -0.39 is 0 Å². The van der Waals surface area contributed by atoms with Crippen LogP contribution >= 0.6 is 11.3 Å². The Morgan fingerprint density at radius 2 is 2.14 bits per heavy atom. The summed E-state index contributed by atoms with van der Waals surface area (Å²) in [6.07, 6.45) is 7.97. The number of rotatable bonds is 5. The largest absolute Gasteiger partial charge is 0.482 e. The van der Waals surface area contributed by atoms with Gasteiger partial charge in [0, 0.05) is 16.9 Å². The summed E-state index contributed by atoms with van der Waals surface area (Å²) in [5, 5.41) is 6.40. The number of hydrogen-bond donors (Lipinski definition) is 2. The topological polar surface area (TPSA) is 80.3 Å². The molecule has 1 fully saturated rings. The molecule has 2 heterocycles. The van der Waals surface area contributed by atoms with E-state index in [0.29, 0.717) is 28.9 Å². The predicted octanol–water partition coefficient (Wildman–Crippen LogP) is 4.75. The minimum Gasteiger partial charge on any atom is -0.482 e. The minimum atomic E-state index is -0.162. The molecular weight excluding hydrogens is 374 g/mol. The molecule has 1 aliphatic carbocycles. The van der Waals surface area contributed by atoms with E-state index in [4.69, 9.17) is 4.74 Å². The van der Waals surface area contributed by atoms with Gasteiger partial charge in [0.25, 0.3) is 5.91 Å². The summed E-state index contributed by atoms with van der Waals surface area (Å²) in [5.41, 5.74) is 2.36. The quantitative estimate of drug-likeness (QED) is 0.760. The van der Waals surface area contributed by atoms with Crippen molar-refractivity contribution >= 4 is 34.0 Å². The highest BCUT2D eigenvalue weighted by molar-refractivity contribution is 7.16. The van der Waals surface area contributed by atoms with Crippen LogP contribution in [0.3, 0.4) is 0 Å². The summed E-state index contributed by atoms with van der Waals surface area (Å²) >= 11 is 1.48. The second kappa shape index (κ2) is 8.31. The molecule has 0 saturated heterocycles. The Hall–Kier alpha value is -2.41. The third-order valence-electron chi connectivity index (χ3n) is 5.43. The fourth-order valence-electron chi connectivity index (χ4n) is 3.94. The normalized spacial score (nSPS) is 16.8. The van der Waals surface area contributed by atoms with Gasteiger partial charge in [0.2, 0.25) is 5.91 Å². The second-order valence-corrected chi connectivity index (χ2v) is 8.77. The van der Waals surface area contributed by atoms with E-state index in [1.165, 1.54) is 43.4 Å². The molecule has 0 radical (unpaired) electrons. The first-order chi connectivity index (χ1) is 13.6. The summed E-state index contributed by atoms with van der Waals surface area (Å²) in [6, 6.07) is 5.63. The number of fused-ring (bicyclic) bond motifs is 1. The smallest absolute Gasteiger partial charge is 0.262 e. The number of aryl methyl sites for hydroxylation is 1. The molecular formula is C21H25N3O3S. The van der Waals surface area contributed by atoms with Gasteiger partial charge in [-0.3, -0.25) is 9.59 Å². The van der Waals surface area contributed by atoms with Crippen LogP contribution in [-0.2, 0) is 9.59 Å². The zero-order chi connectivity index (χ0) is 19.5. The number of nitrogens with zero attached hydrogens (tertiary/aromatic N) is 1. The average Bonchev–Trinajstić information content (AvgIpc) is 3.06. The zero-order valence-corrected chi connectivity index (χ0v) is 16.9. The molecule has 7 heteroatoms. The van der Waals surface area contributed by atoms with Gasteiger partial charge >= 0.3 is 0 Å². The van der Waals surface area contributed by atoms with Crippen molar-refractivity contribution < 1.29 is 14.3 Å². The molecule has 2 N–H and O–H groups in total. The maximum Gasteiger partial charge on any atom is 0.262 e. The van der Waals surface area contributed by atoms with Crippen molar-refractivity contribution in [1.29, 1.82) is 0 Å². The van der Waals surface area contributed by atoms with Crippen molar-refractivity contribution in [1.82, 2.24) is 4.98 Å². The number of benzene rings is 1. The number of ether oxygens (including phenoxy) is 1. The average molecular weight is 400 g/mol. The van der Waals surface area contributed by atoms with Crippen LogP contribution in [0.25, 0.3) is 11.3 Å². The van der Waals surface area contributed by atoms with Crippen molar-refractivity contribution in [2.45, 2.75) is 51.9 Å². The van der Waals surface area contributed by atoms with Gasteiger partial charge in [-0.05, 0) is 37.5 Å². The Morgan fingerprint density at radius 1 is 1.32 bits per heavy atom. The van der Waals surface area contributed by atoms with Gasteiger partial charge in [0.15, 0.2) is 11.7 Å². The van der Waals surface area contributed by atoms with Gasteiger partial charge in [0.1, 0.15) is 5.75 Å². The lowest BCUT2D eigenvalue weighted by atomic mass is 9.86. The van der Waals surface area contributed by atoms with Crippen LogP contribution < -0.4 is 15.4 Å². The molecule has 2 amide bonds. The van der Waals surface area contributed by atoms with Crippen LogP contribution in [0.2, 0.25) is 0 Å². The summed E-state index contributed by atoms with van der Waals surface area (Å²) in [7, 11) is 0. The van der Waals surface area contributed by atoms with Gasteiger partial charge in [-0.2, -0.15) is 0 Å². The Morgan fingerprint density at radius 3 is 2.96 bits per heavy atom. The van der Waals surface area contributed by atoms with E-state index in [-0.39, 0.29) is 18.4 Å². The lowest BCUT2D eigenvalue weighted by molar-refractivity contribution is -0.118. The molecule has 0 bridgehead atoms. The first kappa shape index (κ1) is 18.9. The van der Waals surface area contributed by atoms with Crippen molar-refractivity contribution in [3.05, 3.63) is 23.1 Å². The number of amides is 2. The van der Waals surface area contributed by atoms with Crippen LogP contribution in [-0.4, -0.2) is 23.4 Å². The fourth-order valence-corrected chi connectivity index (χ4v) is 4.79. The number of anilines is 2. The highest BCUT2D eigenvalue weighted by atomic mass is 32.1. The van der Waals surface area contributed by atoms with Gasteiger partial charge in [-0.25, -0.2) is 4.98 Å². The highest BCUT2D eigenvalue weighted by Gasteiger charge is 2.19. The lowest BCUT2D eigenvalue weighted by Crippen LogP contribution is -2.25. The van der Waals surface area contributed by atoms with Crippen LogP contribution in [0.4, 0.5) is 10.8 Å². The van der Waals surface area contributed by atoms with E-state index in [9.17, 15) is 9.59 Å². The Bertz CT molecular complexity index is 887. The van der Waals surface area contributed by atoms with E-state index in [1.54, 1.807) is 0 Å². The maximum atomic E-state index is 12.3. The SMILES string of the molecule is Cc1sc(NC(=O)CCC2CCCCC2)nc1-c1ccc2c(c1)NC(=O)CO2. The monoisotopic (exact) mass is 399 g/mol. The van der Waals surface area contributed by atoms with Crippen molar-refractivity contribution in [3.63, 3.8) is 0 Å². The van der Waals surface area contributed by atoms with Crippen LogP contribution in [0, 0.1) is 12.8 Å². The maximum absolute atomic E-state index is 12.3. The first-order valence-corrected chi connectivity index (χ1v) is 10.7. The van der Waals surface area contributed by atoms with Gasteiger partial charge in [0.05, 0.1) is 11.4 Å². The Labute approximate surface area is 168 Å². The van der Waals surface area contributed by atoms with Crippen LogP contribution in [0.1, 0.15) is 49.8 Å². The molecule has 2 aliphatic rings. The molecule has 6 nitrogen and oxygen atoms in total. The van der Waals surface area contributed by atoms with Crippen LogP contribution in [0.15, 0.2) is 18.2 Å². The Balaban J connectivity index is 1.41. The number of hydrogen-bond acceptors (Lipinski definition) is 5. The van der Waals surface area contributed by atoms with Gasteiger partial charge < -0.3 is 15.4 Å². The number of thiazole rings is 1. The minimum absolute atomic E-state index is 0.0389. The third-order valence-corrected chi connectivity index (χ3v) is 6.32. The molecule has 1 aliphatic heterocycles. The summed E-state index contributed by atoms with van der Waals surface area (Å²) in [5.74, 6) is 1.23. The van der Waals surface area contributed by atoms with E-state index in [0.717, 1.165) is 22.6 Å². The third kappa shape index (κ3) is 4.35. The Kier molecular flexibility index (Phi) is 5.62. The summed E-state index contributed by atoms with van der Waals surface area (Å²) < 4.78 is 5.40. The fraction of sp³-hybridized carbons (Fsp3) is 0.476. The zero-order valence-electron chi connectivity index (χ0n) is 16.0. The molecule has 1 saturated carbocycles. The molecule has 148 valence electrons. The first-order valence-electron chi connectivity index (χ1n) is 9.93. The standard InChI is InChI=1S/C21H25N3O3S/c1-13-20(15-8-9-17-16(11-15)22-19(26)12-27-17)24-21(28-13)23-18(25)10-7-14-5-3-2-4-6-14/h8-9,11,14H,2-7,10,12H2,1H3,(H,22,26)(H,23,24,25). The molecule has 0 spiro atoms. The second-order valence-electron chi connectivity index (χ2n) is 7.56. The highest BCUT2D eigenvalue weighted by Crippen LogP contribution is 2.36. The number of aromatic nitrogens is 1. The van der Waals surface area contributed by atoms with Gasteiger partial charge in [-0.15, -0.1) is 11.3 Å². The molecule has 1 aromatic heterocycles.